The van der Waals surface area contributed by atoms with E-state index in [1.165, 1.54) is 32.6 Å². The average Bonchev–Trinajstić information content (AvgIpc) is 2.12. The fourth-order valence-electron chi connectivity index (χ4n) is 2.30. The third kappa shape index (κ3) is 0.775. The fraction of sp³-hybridized carbons (Fsp3) is 1.00. The highest BCUT2D eigenvalue weighted by Crippen LogP contribution is 2.32. The van der Waals surface area contributed by atoms with Gasteiger partial charge in [-0.1, -0.05) is 0 Å². The van der Waals surface area contributed by atoms with Crippen molar-refractivity contribution in [2.24, 2.45) is 5.41 Å². The van der Waals surface area contributed by atoms with Gasteiger partial charge in [0.25, 0.3) is 0 Å². The minimum atomic E-state index is 0.759. The highest BCUT2D eigenvalue weighted by Gasteiger charge is 2.45. The number of likely N-dealkylation sites (tertiary alicyclic amines) is 1. The molecule has 2 nitrogen and oxygen atoms in total. The summed E-state index contributed by atoms with van der Waals surface area (Å²) in [4.78, 5) is 2.42. The molecule has 2 fully saturated rings. The predicted molar refractivity (Wildman–Crippen MR) is 36.2 cm³/mol. The molecule has 52 valence electrons. The molecule has 0 radical (unpaired) electrons. The first-order valence-corrected chi connectivity index (χ1v) is 3.81. The van der Waals surface area contributed by atoms with Crippen molar-refractivity contribution in [2.75, 3.05) is 33.2 Å². The van der Waals surface area contributed by atoms with Crippen molar-refractivity contribution in [3.05, 3.63) is 0 Å². The zero-order chi connectivity index (χ0) is 6.32. The Morgan fingerprint density at radius 2 is 2.22 bits per heavy atom. The molecule has 0 aromatic heterocycles. The Balaban J connectivity index is 1.95. The van der Waals surface area contributed by atoms with Crippen molar-refractivity contribution in [2.45, 2.75) is 6.42 Å². The Morgan fingerprint density at radius 3 is 2.67 bits per heavy atom. The molecule has 2 saturated heterocycles. The Morgan fingerprint density at radius 1 is 1.44 bits per heavy atom. The smallest absolute Gasteiger partial charge is 0.0839 e. The minimum Gasteiger partial charge on any atom is -0.346 e. The average molecular weight is 127 g/mol. The minimum absolute atomic E-state index is 0.759. The number of quaternary nitrogens is 1. The SMILES string of the molecule is CN1CC2(CC[NH2+]C2)C1. The van der Waals surface area contributed by atoms with E-state index in [1.807, 2.05) is 0 Å². The first-order chi connectivity index (χ1) is 4.31. The van der Waals surface area contributed by atoms with Gasteiger partial charge >= 0.3 is 0 Å². The summed E-state index contributed by atoms with van der Waals surface area (Å²) in [6, 6.07) is 0. The van der Waals surface area contributed by atoms with Gasteiger partial charge in [-0.2, -0.15) is 0 Å². The summed E-state index contributed by atoms with van der Waals surface area (Å²) in [5.74, 6) is 0. The molecule has 0 unspecified atom stereocenters. The lowest BCUT2D eigenvalue weighted by Crippen LogP contribution is -2.83. The fourth-order valence-corrected chi connectivity index (χ4v) is 2.30. The zero-order valence-electron chi connectivity index (χ0n) is 6.06. The molecule has 0 atom stereocenters. The summed E-state index contributed by atoms with van der Waals surface area (Å²) in [7, 11) is 2.21. The van der Waals surface area contributed by atoms with Crippen molar-refractivity contribution < 1.29 is 5.32 Å². The second-order valence-electron chi connectivity index (χ2n) is 3.70. The molecule has 2 heteroatoms. The van der Waals surface area contributed by atoms with Crippen LogP contribution in [-0.2, 0) is 0 Å². The molecule has 0 bridgehead atoms. The van der Waals surface area contributed by atoms with Gasteiger partial charge in [-0.05, 0) is 7.05 Å². The topological polar surface area (TPSA) is 19.9 Å². The van der Waals surface area contributed by atoms with E-state index in [0.717, 1.165) is 5.41 Å². The number of hydrogen-bond donors (Lipinski definition) is 1. The quantitative estimate of drug-likeness (QED) is 0.437. The van der Waals surface area contributed by atoms with Gasteiger partial charge in [0.1, 0.15) is 0 Å². The molecule has 0 saturated carbocycles. The molecule has 0 aromatic rings. The van der Waals surface area contributed by atoms with Crippen LogP contribution in [-0.4, -0.2) is 38.1 Å². The number of hydrogen-bond acceptors (Lipinski definition) is 1. The highest BCUT2D eigenvalue weighted by molar-refractivity contribution is 4.94. The highest BCUT2D eigenvalue weighted by atomic mass is 15.2. The van der Waals surface area contributed by atoms with Crippen LogP contribution in [0.2, 0.25) is 0 Å². The molecule has 2 aliphatic heterocycles. The third-order valence-electron chi connectivity index (χ3n) is 2.67. The lowest BCUT2D eigenvalue weighted by molar-refractivity contribution is -0.642. The van der Waals surface area contributed by atoms with Crippen LogP contribution < -0.4 is 5.32 Å². The first kappa shape index (κ1) is 5.69. The summed E-state index contributed by atoms with van der Waals surface area (Å²) >= 11 is 0. The summed E-state index contributed by atoms with van der Waals surface area (Å²) in [6.07, 6.45) is 1.46. The van der Waals surface area contributed by atoms with Gasteiger partial charge in [-0.15, -0.1) is 0 Å². The van der Waals surface area contributed by atoms with Crippen LogP contribution in [0.3, 0.4) is 0 Å². The molecule has 0 aromatic carbocycles. The van der Waals surface area contributed by atoms with Crippen LogP contribution in [0.5, 0.6) is 0 Å². The van der Waals surface area contributed by atoms with Crippen LogP contribution in [0.4, 0.5) is 0 Å². The standard InChI is InChI=1S/C7H14N2/c1-9-5-7(6-9)2-3-8-4-7/h8H,2-6H2,1H3/p+1. The number of rotatable bonds is 0. The van der Waals surface area contributed by atoms with E-state index in [0.29, 0.717) is 0 Å². The van der Waals surface area contributed by atoms with E-state index in [4.69, 9.17) is 0 Å². The van der Waals surface area contributed by atoms with Gasteiger partial charge in [0.2, 0.25) is 0 Å². The summed E-state index contributed by atoms with van der Waals surface area (Å²) in [5.41, 5.74) is 0.759. The molecule has 2 rings (SSSR count). The predicted octanol–water partition coefficient (Wildman–Crippen LogP) is -1.11. The Hall–Kier alpha value is -0.0800. The Kier molecular flexibility index (Phi) is 1.08. The summed E-state index contributed by atoms with van der Waals surface area (Å²) in [5, 5.41) is 2.45. The van der Waals surface area contributed by atoms with Crippen molar-refractivity contribution in [3.63, 3.8) is 0 Å². The molecule has 2 N–H and O–H groups in total. The van der Waals surface area contributed by atoms with Gasteiger partial charge in [0, 0.05) is 19.5 Å². The maximum absolute atomic E-state index is 2.45. The molecular formula is C7H15N2+. The van der Waals surface area contributed by atoms with E-state index in [-0.39, 0.29) is 0 Å². The Bertz CT molecular complexity index is 108. The zero-order valence-corrected chi connectivity index (χ0v) is 6.06. The second-order valence-corrected chi connectivity index (χ2v) is 3.70. The van der Waals surface area contributed by atoms with Crippen molar-refractivity contribution in [1.29, 1.82) is 0 Å². The van der Waals surface area contributed by atoms with Crippen LogP contribution in [0.1, 0.15) is 6.42 Å². The largest absolute Gasteiger partial charge is 0.346 e. The van der Waals surface area contributed by atoms with Crippen molar-refractivity contribution >= 4 is 0 Å². The number of nitrogens with zero attached hydrogens (tertiary/aromatic N) is 1. The van der Waals surface area contributed by atoms with Gasteiger partial charge in [-0.25, -0.2) is 0 Å². The van der Waals surface area contributed by atoms with E-state index in [2.05, 4.69) is 17.3 Å². The lowest BCUT2D eigenvalue weighted by atomic mass is 9.80. The lowest BCUT2D eigenvalue weighted by Gasteiger charge is -2.43. The van der Waals surface area contributed by atoms with Crippen LogP contribution >= 0.6 is 0 Å². The van der Waals surface area contributed by atoms with Gasteiger partial charge in [0.15, 0.2) is 0 Å². The van der Waals surface area contributed by atoms with E-state index >= 15 is 0 Å². The maximum atomic E-state index is 2.45. The van der Waals surface area contributed by atoms with E-state index in [9.17, 15) is 0 Å². The van der Waals surface area contributed by atoms with Crippen LogP contribution in [0.15, 0.2) is 0 Å². The molecule has 9 heavy (non-hydrogen) atoms. The first-order valence-electron chi connectivity index (χ1n) is 3.81. The van der Waals surface area contributed by atoms with Crippen molar-refractivity contribution in [1.82, 2.24) is 4.90 Å². The van der Waals surface area contributed by atoms with E-state index in [1.54, 1.807) is 0 Å². The van der Waals surface area contributed by atoms with Crippen LogP contribution in [0, 0.1) is 5.41 Å². The second kappa shape index (κ2) is 1.70. The maximum Gasteiger partial charge on any atom is 0.0839 e. The molecular weight excluding hydrogens is 112 g/mol. The van der Waals surface area contributed by atoms with Gasteiger partial charge < -0.3 is 10.2 Å². The normalized spacial score (nSPS) is 33.0. The Labute approximate surface area is 56.2 Å². The molecule has 0 aliphatic carbocycles. The van der Waals surface area contributed by atoms with Crippen LogP contribution in [0.25, 0.3) is 0 Å². The molecule has 2 aliphatic rings. The van der Waals surface area contributed by atoms with Gasteiger partial charge in [0.05, 0.1) is 18.5 Å². The van der Waals surface area contributed by atoms with E-state index < -0.39 is 0 Å². The monoisotopic (exact) mass is 127 g/mol. The molecule has 2 heterocycles. The molecule has 1 spiro atoms. The summed E-state index contributed by atoms with van der Waals surface area (Å²) in [6.45, 7) is 5.46. The number of nitrogens with two attached hydrogens (primary N) is 1. The van der Waals surface area contributed by atoms with Gasteiger partial charge in [-0.3, -0.25) is 0 Å². The summed E-state index contributed by atoms with van der Waals surface area (Å²) < 4.78 is 0. The third-order valence-corrected chi connectivity index (χ3v) is 2.67. The van der Waals surface area contributed by atoms with Crippen molar-refractivity contribution in [3.8, 4) is 0 Å². The molecule has 0 amide bonds.